The predicted octanol–water partition coefficient (Wildman–Crippen LogP) is 1.08. The molecule has 0 radical (unpaired) electrons. The zero-order valence-electron chi connectivity index (χ0n) is 11.8. The van der Waals surface area contributed by atoms with Crippen LogP contribution < -0.4 is 0 Å². The lowest BCUT2D eigenvalue weighted by molar-refractivity contribution is -0.144. The SMILES string of the molecule is CCOC(=O)CN(CCCS(=O)(=O)CC)C(C)C. The Bertz CT molecular complexity index is 338. The van der Waals surface area contributed by atoms with E-state index in [9.17, 15) is 13.2 Å². The number of hydrogen-bond donors (Lipinski definition) is 0. The maximum absolute atomic E-state index is 11.4. The van der Waals surface area contributed by atoms with Gasteiger partial charge in [0.15, 0.2) is 0 Å². The molecule has 0 aliphatic heterocycles. The fourth-order valence-corrected chi connectivity index (χ4v) is 2.38. The smallest absolute Gasteiger partial charge is 0.320 e. The quantitative estimate of drug-likeness (QED) is 0.591. The minimum Gasteiger partial charge on any atom is -0.465 e. The van der Waals surface area contributed by atoms with Gasteiger partial charge in [-0.25, -0.2) is 8.42 Å². The first-order chi connectivity index (χ1) is 8.32. The fourth-order valence-electron chi connectivity index (χ4n) is 1.52. The predicted molar refractivity (Wildman–Crippen MR) is 72.3 cm³/mol. The van der Waals surface area contributed by atoms with Crippen LogP contribution in [0.5, 0.6) is 0 Å². The molecule has 0 spiro atoms. The largest absolute Gasteiger partial charge is 0.465 e. The van der Waals surface area contributed by atoms with E-state index in [0.29, 0.717) is 19.6 Å². The third-order valence-electron chi connectivity index (χ3n) is 2.71. The second-order valence-corrected chi connectivity index (χ2v) is 6.93. The highest BCUT2D eigenvalue weighted by molar-refractivity contribution is 7.91. The second kappa shape index (κ2) is 8.48. The van der Waals surface area contributed by atoms with Crippen LogP contribution in [0.1, 0.15) is 34.1 Å². The average Bonchev–Trinajstić information content (AvgIpc) is 2.27. The molecule has 0 aromatic heterocycles. The maximum Gasteiger partial charge on any atom is 0.320 e. The van der Waals surface area contributed by atoms with Crippen molar-refractivity contribution in [1.82, 2.24) is 4.90 Å². The molecule has 0 heterocycles. The van der Waals surface area contributed by atoms with Gasteiger partial charge in [-0.3, -0.25) is 9.69 Å². The Morgan fingerprint density at radius 1 is 1.28 bits per heavy atom. The molecule has 0 saturated heterocycles. The monoisotopic (exact) mass is 279 g/mol. The molecular weight excluding hydrogens is 254 g/mol. The van der Waals surface area contributed by atoms with Gasteiger partial charge < -0.3 is 4.74 Å². The fraction of sp³-hybridized carbons (Fsp3) is 0.917. The maximum atomic E-state index is 11.4. The normalized spacial score (nSPS) is 12.1. The van der Waals surface area contributed by atoms with E-state index in [1.807, 2.05) is 18.7 Å². The number of nitrogens with zero attached hydrogens (tertiary/aromatic N) is 1. The van der Waals surface area contributed by atoms with Crippen LogP contribution in [0.3, 0.4) is 0 Å². The molecule has 0 aromatic rings. The van der Waals surface area contributed by atoms with E-state index < -0.39 is 9.84 Å². The van der Waals surface area contributed by atoms with Gasteiger partial charge in [-0.05, 0) is 33.7 Å². The van der Waals surface area contributed by atoms with Gasteiger partial charge in [0.2, 0.25) is 0 Å². The molecule has 5 nitrogen and oxygen atoms in total. The van der Waals surface area contributed by atoms with E-state index in [0.717, 1.165) is 0 Å². The molecular formula is C12H25NO4S. The van der Waals surface area contributed by atoms with Gasteiger partial charge >= 0.3 is 5.97 Å². The Balaban J connectivity index is 4.17. The zero-order valence-corrected chi connectivity index (χ0v) is 12.6. The van der Waals surface area contributed by atoms with Gasteiger partial charge in [-0.15, -0.1) is 0 Å². The third kappa shape index (κ3) is 7.66. The van der Waals surface area contributed by atoms with Gasteiger partial charge in [-0.2, -0.15) is 0 Å². The Kier molecular flexibility index (Phi) is 8.18. The second-order valence-electron chi connectivity index (χ2n) is 4.46. The Morgan fingerprint density at radius 3 is 2.33 bits per heavy atom. The van der Waals surface area contributed by atoms with Gasteiger partial charge in [0.25, 0.3) is 0 Å². The molecule has 0 aliphatic rings. The highest BCUT2D eigenvalue weighted by Gasteiger charge is 2.16. The van der Waals surface area contributed by atoms with Crippen LogP contribution >= 0.6 is 0 Å². The number of ether oxygens (including phenoxy) is 1. The van der Waals surface area contributed by atoms with Crippen LogP contribution in [0.4, 0.5) is 0 Å². The Morgan fingerprint density at radius 2 is 1.89 bits per heavy atom. The Hall–Kier alpha value is -0.620. The molecule has 0 N–H and O–H groups in total. The summed E-state index contributed by atoms with van der Waals surface area (Å²) < 4.78 is 27.6. The molecule has 6 heteroatoms. The molecule has 0 unspecified atom stereocenters. The lowest BCUT2D eigenvalue weighted by atomic mass is 10.3. The van der Waals surface area contributed by atoms with Gasteiger partial charge in [0.1, 0.15) is 9.84 Å². The summed E-state index contributed by atoms with van der Waals surface area (Å²) in [7, 11) is -2.92. The highest BCUT2D eigenvalue weighted by Crippen LogP contribution is 2.02. The molecule has 0 aliphatic carbocycles. The van der Waals surface area contributed by atoms with E-state index in [-0.39, 0.29) is 30.1 Å². The lowest BCUT2D eigenvalue weighted by Gasteiger charge is -2.25. The minimum absolute atomic E-state index is 0.173. The summed E-state index contributed by atoms with van der Waals surface area (Å²) in [4.78, 5) is 13.3. The van der Waals surface area contributed by atoms with E-state index in [1.54, 1.807) is 13.8 Å². The number of hydrogen-bond acceptors (Lipinski definition) is 5. The van der Waals surface area contributed by atoms with Gasteiger partial charge in [-0.1, -0.05) is 6.92 Å². The van der Waals surface area contributed by atoms with Crippen molar-refractivity contribution in [1.29, 1.82) is 0 Å². The van der Waals surface area contributed by atoms with Crippen molar-refractivity contribution in [2.45, 2.75) is 40.2 Å². The number of sulfone groups is 1. The highest BCUT2D eigenvalue weighted by atomic mass is 32.2. The third-order valence-corrected chi connectivity index (χ3v) is 4.50. The minimum atomic E-state index is -2.92. The van der Waals surface area contributed by atoms with Crippen LogP contribution in [0, 0.1) is 0 Å². The topological polar surface area (TPSA) is 63.7 Å². The molecule has 108 valence electrons. The molecule has 0 fully saturated rings. The van der Waals surface area contributed by atoms with Crippen LogP contribution in [0.25, 0.3) is 0 Å². The first-order valence-electron chi connectivity index (χ1n) is 6.42. The molecule has 18 heavy (non-hydrogen) atoms. The number of rotatable bonds is 9. The molecule has 0 atom stereocenters. The first-order valence-corrected chi connectivity index (χ1v) is 8.24. The zero-order chi connectivity index (χ0) is 14.2. The van der Waals surface area contributed by atoms with Crippen LogP contribution in [0.15, 0.2) is 0 Å². The van der Waals surface area contributed by atoms with Crippen molar-refractivity contribution in [3.8, 4) is 0 Å². The molecule has 0 amide bonds. The van der Waals surface area contributed by atoms with Crippen molar-refractivity contribution in [3.63, 3.8) is 0 Å². The summed E-state index contributed by atoms with van der Waals surface area (Å²) in [5.74, 6) is 0.0896. The first kappa shape index (κ1) is 17.4. The lowest BCUT2D eigenvalue weighted by Crippen LogP contribution is -2.37. The summed E-state index contributed by atoms with van der Waals surface area (Å²) in [6.07, 6.45) is 0.549. The van der Waals surface area contributed by atoms with Crippen LogP contribution in [-0.4, -0.2) is 56.5 Å². The summed E-state index contributed by atoms with van der Waals surface area (Å²) in [5.41, 5.74) is 0. The summed E-state index contributed by atoms with van der Waals surface area (Å²) >= 11 is 0. The van der Waals surface area contributed by atoms with Crippen molar-refractivity contribution in [2.24, 2.45) is 0 Å². The van der Waals surface area contributed by atoms with Crippen molar-refractivity contribution < 1.29 is 17.9 Å². The van der Waals surface area contributed by atoms with E-state index in [2.05, 4.69) is 0 Å². The van der Waals surface area contributed by atoms with Crippen molar-refractivity contribution in [2.75, 3.05) is 31.2 Å². The van der Waals surface area contributed by atoms with Gasteiger partial charge in [0.05, 0.1) is 18.9 Å². The molecule has 0 aromatic carbocycles. The number of carbonyl (C=O) groups excluding carboxylic acids is 1. The average molecular weight is 279 g/mol. The number of esters is 1. The van der Waals surface area contributed by atoms with E-state index in [4.69, 9.17) is 4.74 Å². The summed E-state index contributed by atoms with van der Waals surface area (Å²) in [5, 5.41) is 0. The van der Waals surface area contributed by atoms with Crippen LogP contribution in [-0.2, 0) is 19.4 Å². The van der Waals surface area contributed by atoms with Crippen LogP contribution in [0.2, 0.25) is 0 Å². The van der Waals surface area contributed by atoms with Gasteiger partial charge in [0, 0.05) is 11.8 Å². The standard InChI is InChI=1S/C12H25NO4S/c1-5-17-12(14)10-13(11(3)4)8-7-9-18(15,16)6-2/h11H,5-10H2,1-4H3. The molecule has 0 saturated carbocycles. The van der Waals surface area contributed by atoms with E-state index >= 15 is 0 Å². The molecule has 0 rings (SSSR count). The summed E-state index contributed by atoms with van der Waals surface area (Å²) in [6.45, 7) is 8.56. The number of carbonyl (C=O) groups is 1. The molecule has 0 bridgehead atoms. The van der Waals surface area contributed by atoms with Crippen molar-refractivity contribution >= 4 is 15.8 Å². The van der Waals surface area contributed by atoms with Crippen molar-refractivity contribution in [3.05, 3.63) is 0 Å². The Labute approximate surface area is 110 Å². The van der Waals surface area contributed by atoms with E-state index in [1.165, 1.54) is 0 Å². The summed E-state index contributed by atoms with van der Waals surface area (Å²) in [6, 6.07) is 0.193.